The van der Waals surface area contributed by atoms with Crippen LogP contribution in [0.15, 0.2) is 194 Å². The molecule has 0 bridgehead atoms. The first-order valence-electron chi connectivity index (χ1n) is 19.5. The van der Waals surface area contributed by atoms with E-state index in [9.17, 15) is 0 Å². The number of para-hydroxylation sites is 1. The highest BCUT2D eigenvalue weighted by Crippen LogP contribution is 2.40. The summed E-state index contributed by atoms with van der Waals surface area (Å²) < 4.78 is 4.90. The SMILES string of the molecule is c1ccc(-c2ccc(-c3nc(-c4ccc5c(c4)sc4ccccc45)nc(-c4cccc5c(-n6c7ccccc7c7cc8ccccc8cc76)cccc45)n3)cc2)cc1. The molecule has 0 atom stereocenters. The van der Waals surface area contributed by atoms with Gasteiger partial charge in [0.2, 0.25) is 0 Å². The van der Waals surface area contributed by atoms with E-state index >= 15 is 0 Å². The fourth-order valence-electron chi connectivity index (χ4n) is 8.66. The predicted molar refractivity (Wildman–Crippen MR) is 244 cm³/mol. The molecule has 4 nitrogen and oxygen atoms in total. The largest absolute Gasteiger partial charge is 0.309 e. The first kappa shape index (κ1) is 32.7. The summed E-state index contributed by atoms with van der Waals surface area (Å²) in [6, 6.07) is 69.2. The summed E-state index contributed by atoms with van der Waals surface area (Å²) in [6.07, 6.45) is 0. The van der Waals surface area contributed by atoms with E-state index in [2.05, 4.69) is 193 Å². The van der Waals surface area contributed by atoms with Crippen molar-refractivity contribution in [3.8, 4) is 51.0 Å². The van der Waals surface area contributed by atoms with E-state index in [1.165, 1.54) is 58.3 Å². The third kappa shape index (κ3) is 5.25. The first-order valence-corrected chi connectivity index (χ1v) is 20.3. The van der Waals surface area contributed by atoms with Crippen molar-refractivity contribution >= 4 is 74.9 Å². The summed E-state index contributed by atoms with van der Waals surface area (Å²) in [6.45, 7) is 0. The molecule has 0 saturated carbocycles. The minimum atomic E-state index is 0.637. The van der Waals surface area contributed by atoms with Crippen molar-refractivity contribution < 1.29 is 0 Å². The van der Waals surface area contributed by atoms with Gasteiger partial charge < -0.3 is 4.57 Å². The fraction of sp³-hybridized carbons (Fsp3) is 0. The molecule has 3 heterocycles. The van der Waals surface area contributed by atoms with Gasteiger partial charge in [-0.25, -0.2) is 15.0 Å². The van der Waals surface area contributed by atoms with Crippen molar-refractivity contribution in [1.29, 1.82) is 0 Å². The Morgan fingerprint density at radius 3 is 1.79 bits per heavy atom. The fourth-order valence-corrected chi connectivity index (χ4v) is 9.81. The Morgan fingerprint density at radius 1 is 0.328 bits per heavy atom. The van der Waals surface area contributed by atoms with Crippen LogP contribution in [0, 0.1) is 0 Å². The highest BCUT2D eigenvalue weighted by molar-refractivity contribution is 7.25. The van der Waals surface area contributed by atoms with Gasteiger partial charge in [-0.05, 0) is 63.7 Å². The molecule has 0 aliphatic heterocycles. The van der Waals surface area contributed by atoms with Crippen LogP contribution >= 0.6 is 11.3 Å². The minimum Gasteiger partial charge on any atom is -0.309 e. The van der Waals surface area contributed by atoms with Gasteiger partial charge in [0.25, 0.3) is 0 Å². The van der Waals surface area contributed by atoms with Gasteiger partial charge in [0.1, 0.15) is 0 Å². The summed E-state index contributed by atoms with van der Waals surface area (Å²) >= 11 is 1.80. The van der Waals surface area contributed by atoms with Crippen molar-refractivity contribution in [1.82, 2.24) is 19.5 Å². The molecule has 0 radical (unpaired) electrons. The number of fused-ring (bicyclic) bond motifs is 8. The van der Waals surface area contributed by atoms with Crippen LogP contribution in [0.2, 0.25) is 0 Å². The second kappa shape index (κ2) is 13.1. The summed E-state index contributed by atoms with van der Waals surface area (Å²) in [7, 11) is 0. The molecular formula is C53H32N4S. The highest BCUT2D eigenvalue weighted by atomic mass is 32.1. The average Bonchev–Trinajstić information content (AvgIpc) is 3.83. The summed E-state index contributed by atoms with van der Waals surface area (Å²) in [5, 5.41) is 9.65. The van der Waals surface area contributed by atoms with E-state index in [-0.39, 0.29) is 0 Å². The van der Waals surface area contributed by atoms with E-state index in [1.54, 1.807) is 11.3 Å². The Bertz CT molecular complexity index is 3560. The van der Waals surface area contributed by atoms with Crippen LogP contribution < -0.4 is 0 Å². The van der Waals surface area contributed by atoms with Crippen LogP contribution in [-0.2, 0) is 0 Å². The van der Waals surface area contributed by atoms with Crippen molar-refractivity contribution in [3.63, 3.8) is 0 Å². The maximum Gasteiger partial charge on any atom is 0.164 e. The Kier molecular flexibility index (Phi) is 7.37. The van der Waals surface area contributed by atoms with Crippen molar-refractivity contribution in [2.45, 2.75) is 0 Å². The second-order valence-electron chi connectivity index (χ2n) is 14.8. The molecule has 9 aromatic carbocycles. The van der Waals surface area contributed by atoms with Crippen LogP contribution in [0.5, 0.6) is 0 Å². The summed E-state index contributed by atoms with van der Waals surface area (Å²) in [5.41, 5.74) is 8.64. The van der Waals surface area contributed by atoms with Gasteiger partial charge in [-0.2, -0.15) is 0 Å². The number of hydrogen-bond donors (Lipinski definition) is 0. The van der Waals surface area contributed by atoms with Gasteiger partial charge in [-0.3, -0.25) is 0 Å². The number of hydrogen-bond acceptors (Lipinski definition) is 4. The van der Waals surface area contributed by atoms with Gasteiger partial charge in [0.05, 0.1) is 16.7 Å². The molecule has 3 aromatic heterocycles. The topological polar surface area (TPSA) is 43.6 Å². The quantitative estimate of drug-likeness (QED) is 0.176. The molecule has 5 heteroatoms. The monoisotopic (exact) mass is 756 g/mol. The van der Waals surface area contributed by atoms with Gasteiger partial charge >= 0.3 is 0 Å². The maximum atomic E-state index is 5.28. The number of nitrogens with zero attached hydrogens (tertiary/aromatic N) is 4. The third-order valence-corrected chi connectivity index (χ3v) is 12.6. The molecule has 0 fully saturated rings. The van der Waals surface area contributed by atoms with E-state index < -0.39 is 0 Å². The molecular weight excluding hydrogens is 725 g/mol. The van der Waals surface area contributed by atoms with Crippen molar-refractivity contribution in [2.75, 3.05) is 0 Å². The lowest BCUT2D eigenvalue weighted by molar-refractivity contribution is 1.08. The predicted octanol–water partition coefficient (Wildman–Crippen LogP) is 14.3. The Balaban J connectivity index is 1.07. The van der Waals surface area contributed by atoms with Crippen LogP contribution in [0.25, 0.3) is 115 Å². The number of thiophene rings is 1. The minimum absolute atomic E-state index is 0.637. The highest BCUT2D eigenvalue weighted by Gasteiger charge is 2.19. The smallest absolute Gasteiger partial charge is 0.164 e. The van der Waals surface area contributed by atoms with Crippen LogP contribution in [0.3, 0.4) is 0 Å². The number of aromatic nitrogens is 4. The van der Waals surface area contributed by atoms with Crippen LogP contribution in [0.1, 0.15) is 0 Å². The van der Waals surface area contributed by atoms with Crippen molar-refractivity contribution in [3.05, 3.63) is 194 Å². The zero-order valence-electron chi connectivity index (χ0n) is 31.2. The number of rotatable bonds is 5. The van der Waals surface area contributed by atoms with E-state index in [0.29, 0.717) is 17.5 Å². The van der Waals surface area contributed by atoms with Gasteiger partial charge in [-0.15, -0.1) is 11.3 Å². The zero-order chi connectivity index (χ0) is 38.2. The van der Waals surface area contributed by atoms with Gasteiger partial charge in [-0.1, -0.05) is 158 Å². The third-order valence-electron chi connectivity index (χ3n) is 11.4. The van der Waals surface area contributed by atoms with Gasteiger partial charge in [0.15, 0.2) is 17.5 Å². The summed E-state index contributed by atoms with van der Waals surface area (Å²) in [4.78, 5) is 15.7. The number of benzene rings is 9. The maximum absolute atomic E-state index is 5.28. The Hall–Kier alpha value is -7.47. The molecule has 0 aliphatic rings. The second-order valence-corrected chi connectivity index (χ2v) is 15.9. The molecule has 12 rings (SSSR count). The van der Waals surface area contributed by atoms with Crippen LogP contribution in [-0.4, -0.2) is 19.5 Å². The lowest BCUT2D eigenvalue weighted by Crippen LogP contribution is -2.01. The van der Waals surface area contributed by atoms with E-state index in [1.807, 2.05) is 6.07 Å². The Labute approximate surface area is 338 Å². The normalized spacial score (nSPS) is 11.8. The van der Waals surface area contributed by atoms with E-state index in [0.717, 1.165) is 38.7 Å². The molecule has 0 N–H and O–H groups in total. The lowest BCUT2D eigenvalue weighted by Gasteiger charge is -2.15. The average molecular weight is 757 g/mol. The Morgan fingerprint density at radius 2 is 0.931 bits per heavy atom. The molecule has 0 aliphatic carbocycles. The molecule has 12 aromatic rings. The molecule has 58 heavy (non-hydrogen) atoms. The molecule has 0 spiro atoms. The molecule has 0 amide bonds. The zero-order valence-corrected chi connectivity index (χ0v) is 32.0. The van der Waals surface area contributed by atoms with Crippen molar-refractivity contribution in [2.24, 2.45) is 0 Å². The molecule has 0 saturated heterocycles. The lowest BCUT2D eigenvalue weighted by atomic mass is 10.0. The molecule has 0 unspecified atom stereocenters. The van der Waals surface area contributed by atoms with E-state index in [4.69, 9.17) is 15.0 Å². The molecule has 270 valence electrons. The summed E-state index contributed by atoms with van der Waals surface area (Å²) in [5.74, 6) is 1.92. The van der Waals surface area contributed by atoms with Crippen LogP contribution in [0.4, 0.5) is 0 Å². The standard InChI is InChI=1S/C53H32N4S/c1-2-12-33(13-3-1)34-24-26-35(27-25-34)51-54-52(38-28-29-43-42-17-7-9-23-49(42)58-50(43)32-38)56-53(55-51)44-20-10-19-40-39(44)18-11-22-47(40)57-46-21-8-6-16-41(46)45-30-36-14-4-5-15-37(36)31-48(45)57/h1-32H. The first-order chi connectivity index (χ1) is 28.7. The van der Waals surface area contributed by atoms with Gasteiger partial charge in [0, 0.05) is 53.0 Å².